The quantitative estimate of drug-likeness (QED) is 0.385. The molecule has 4 atom stereocenters. The van der Waals surface area contributed by atoms with Gasteiger partial charge in [0.05, 0.1) is 12.1 Å². The third kappa shape index (κ3) is 1.42. The molecule has 4 nitrogen and oxygen atoms in total. The molecule has 0 aromatic heterocycles. The van der Waals surface area contributed by atoms with E-state index < -0.39 is 23.8 Å². The summed E-state index contributed by atoms with van der Waals surface area (Å²) in [5.74, 6) is 0. The van der Waals surface area contributed by atoms with Crippen molar-refractivity contribution in [3.8, 4) is 0 Å². The largest absolute Gasteiger partial charge is 0.394 e. The SMILES string of the molecule is [B][C@]1(C)O[C@H](CO)[C@H](O)C1O. The predicted molar refractivity (Wildman–Crippen MR) is 38.1 cm³/mol. The first-order valence-corrected chi connectivity index (χ1v) is 3.42. The Balaban J connectivity index is 2.69. The first kappa shape index (κ1) is 9.00. The number of hydrogen-bond acceptors (Lipinski definition) is 4. The molecule has 0 spiro atoms. The minimum Gasteiger partial charge on any atom is -0.394 e. The van der Waals surface area contributed by atoms with E-state index in [-0.39, 0.29) is 6.61 Å². The molecule has 62 valence electrons. The van der Waals surface area contributed by atoms with Gasteiger partial charge in [0.25, 0.3) is 0 Å². The minimum atomic E-state index is -1.26. The summed E-state index contributed by atoms with van der Waals surface area (Å²) in [7, 11) is 5.43. The molecule has 3 N–H and O–H groups in total. The van der Waals surface area contributed by atoms with Crippen molar-refractivity contribution < 1.29 is 20.1 Å². The van der Waals surface area contributed by atoms with Gasteiger partial charge in [-0.05, 0) is 6.92 Å². The van der Waals surface area contributed by atoms with Gasteiger partial charge >= 0.3 is 0 Å². The van der Waals surface area contributed by atoms with Gasteiger partial charge in [-0.15, -0.1) is 0 Å². The van der Waals surface area contributed by atoms with Crippen LogP contribution in [-0.4, -0.2) is 53.6 Å². The van der Waals surface area contributed by atoms with Crippen LogP contribution in [0.2, 0.25) is 0 Å². The summed E-state index contributed by atoms with van der Waals surface area (Å²) in [5, 5.41) is 27.0. The zero-order valence-electron chi connectivity index (χ0n) is 6.27. The predicted octanol–water partition coefficient (Wildman–Crippen LogP) is -2.02. The molecule has 0 amide bonds. The molecule has 5 heteroatoms. The second kappa shape index (κ2) is 2.75. The van der Waals surface area contributed by atoms with Gasteiger partial charge in [0, 0.05) is 0 Å². The molecule has 1 heterocycles. The Morgan fingerprint density at radius 2 is 2.09 bits per heavy atom. The topological polar surface area (TPSA) is 69.9 Å². The van der Waals surface area contributed by atoms with E-state index in [1.165, 1.54) is 6.92 Å². The molecule has 1 unspecified atom stereocenters. The molecular formula is C6H11BO4. The average molecular weight is 158 g/mol. The summed E-state index contributed by atoms with van der Waals surface area (Å²) in [6, 6.07) is 0. The molecule has 1 saturated heterocycles. The van der Waals surface area contributed by atoms with Gasteiger partial charge in [0.2, 0.25) is 0 Å². The molecule has 1 fully saturated rings. The zero-order valence-corrected chi connectivity index (χ0v) is 6.27. The first-order chi connectivity index (χ1) is 4.99. The minimum absolute atomic E-state index is 0.342. The van der Waals surface area contributed by atoms with Crippen molar-refractivity contribution in [2.24, 2.45) is 0 Å². The Morgan fingerprint density at radius 3 is 2.27 bits per heavy atom. The van der Waals surface area contributed by atoms with Crippen molar-refractivity contribution in [1.29, 1.82) is 0 Å². The second-order valence-corrected chi connectivity index (χ2v) is 2.96. The summed E-state index contributed by atoms with van der Waals surface area (Å²) in [4.78, 5) is 0. The molecule has 0 bridgehead atoms. The molecule has 0 aromatic carbocycles. The highest BCUT2D eigenvalue weighted by molar-refractivity contribution is 6.15. The first-order valence-electron chi connectivity index (χ1n) is 3.42. The third-order valence-corrected chi connectivity index (χ3v) is 1.88. The summed E-state index contributed by atoms with van der Waals surface area (Å²) in [5.41, 5.74) is -1.26. The van der Waals surface area contributed by atoms with Gasteiger partial charge in [-0.1, -0.05) is 0 Å². The molecule has 0 aromatic rings. The maximum atomic E-state index is 9.22. The van der Waals surface area contributed by atoms with Crippen LogP contribution in [0.15, 0.2) is 0 Å². The lowest BCUT2D eigenvalue weighted by Crippen LogP contribution is -2.40. The average Bonchev–Trinajstić information content (AvgIpc) is 2.13. The van der Waals surface area contributed by atoms with Crippen LogP contribution in [-0.2, 0) is 4.74 Å². The Bertz CT molecular complexity index is 150. The lowest BCUT2D eigenvalue weighted by Gasteiger charge is -2.22. The third-order valence-electron chi connectivity index (χ3n) is 1.88. The highest BCUT2D eigenvalue weighted by Crippen LogP contribution is 2.27. The van der Waals surface area contributed by atoms with E-state index in [9.17, 15) is 10.2 Å². The highest BCUT2D eigenvalue weighted by Gasteiger charge is 2.46. The van der Waals surface area contributed by atoms with Gasteiger partial charge in [-0.3, -0.25) is 0 Å². The number of rotatable bonds is 1. The van der Waals surface area contributed by atoms with Crippen LogP contribution in [0.25, 0.3) is 0 Å². The summed E-state index contributed by atoms with van der Waals surface area (Å²) in [6.45, 7) is 1.11. The number of aliphatic hydroxyl groups excluding tert-OH is 3. The Morgan fingerprint density at radius 1 is 1.55 bits per heavy atom. The van der Waals surface area contributed by atoms with E-state index in [1.54, 1.807) is 0 Å². The highest BCUT2D eigenvalue weighted by atomic mass is 16.6. The van der Waals surface area contributed by atoms with Crippen LogP contribution >= 0.6 is 0 Å². The Kier molecular flexibility index (Phi) is 2.25. The van der Waals surface area contributed by atoms with E-state index in [0.29, 0.717) is 0 Å². The maximum absolute atomic E-state index is 9.22. The van der Waals surface area contributed by atoms with E-state index in [0.717, 1.165) is 0 Å². The van der Waals surface area contributed by atoms with E-state index in [2.05, 4.69) is 0 Å². The molecular weight excluding hydrogens is 147 g/mol. The number of ether oxygens (including phenoxy) is 1. The molecule has 0 saturated carbocycles. The van der Waals surface area contributed by atoms with Gasteiger partial charge in [-0.2, -0.15) is 0 Å². The van der Waals surface area contributed by atoms with Gasteiger partial charge in [-0.25, -0.2) is 0 Å². The summed E-state index contributed by atoms with van der Waals surface area (Å²) < 4.78 is 4.95. The zero-order chi connectivity index (χ0) is 8.65. The van der Waals surface area contributed by atoms with Crippen LogP contribution < -0.4 is 0 Å². The number of aliphatic hydroxyl groups is 3. The van der Waals surface area contributed by atoms with Gasteiger partial charge in [0.15, 0.2) is 0 Å². The van der Waals surface area contributed by atoms with Crippen molar-refractivity contribution in [3.05, 3.63) is 0 Å². The van der Waals surface area contributed by atoms with Gasteiger partial charge < -0.3 is 20.1 Å². The van der Waals surface area contributed by atoms with Crippen LogP contribution in [0, 0.1) is 0 Å². The van der Waals surface area contributed by atoms with Crippen molar-refractivity contribution in [2.75, 3.05) is 6.61 Å². The van der Waals surface area contributed by atoms with Crippen molar-refractivity contribution in [1.82, 2.24) is 0 Å². The lowest BCUT2D eigenvalue weighted by atomic mass is 9.78. The van der Waals surface area contributed by atoms with Crippen LogP contribution in [0.1, 0.15) is 6.92 Å². The molecule has 0 aliphatic carbocycles. The van der Waals surface area contributed by atoms with E-state index >= 15 is 0 Å². The number of hydrogen-bond donors (Lipinski definition) is 3. The van der Waals surface area contributed by atoms with Crippen molar-refractivity contribution >= 4 is 7.85 Å². The summed E-state index contributed by atoms with van der Waals surface area (Å²) in [6.07, 6.45) is -3.02. The van der Waals surface area contributed by atoms with Crippen LogP contribution in [0.4, 0.5) is 0 Å². The lowest BCUT2D eigenvalue weighted by molar-refractivity contribution is -0.0333. The molecule has 1 aliphatic rings. The van der Waals surface area contributed by atoms with Crippen molar-refractivity contribution in [3.63, 3.8) is 0 Å². The van der Waals surface area contributed by atoms with Crippen molar-refractivity contribution in [2.45, 2.75) is 30.7 Å². The molecule has 1 rings (SSSR count). The Hall–Kier alpha value is -0.0951. The fraction of sp³-hybridized carbons (Fsp3) is 1.00. The Labute approximate surface area is 66.2 Å². The smallest absolute Gasteiger partial charge is 0.117 e. The van der Waals surface area contributed by atoms with Gasteiger partial charge in [0.1, 0.15) is 26.2 Å². The fourth-order valence-corrected chi connectivity index (χ4v) is 1.15. The maximum Gasteiger partial charge on any atom is 0.117 e. The normalized spacial score (nSPS) is 51.5. The van der Waals surface area contributed by atoms with E-state index in [1.807, 2.05) is 0 Å². The summed E-state index contributed by atoms with van der Waals surface area (Å²) >= 11 is 0. The van der Waals surface area contributed by atoms with Crippen LogP contribution in [0.5, 0.6) is 0 Å². The standard InChI is InChI=1S/C6H11BO4/c1-6(7)5(10)4(9)3(2-8)11-6/h3-5,8-10H,2H2,1H3/t3-,4+,5?,6-/m1/s1. The molecule has 11 heavy (non-hydrogen) atoms. The molecule has 2 radical (unpaired) electrons. The molecule has 1 aliphatic heterocycles. The van der Waals surface area contributed by atoms with E-state index in [4.69, 9.17) is 17.7 Å². The fourth-order valence-electron chi connectivity index (χ4n) is 1.15. The van der Waals surface area contributed by atoms with Crippen LogP contribution in [0.3, 0.4) is 0 Å². The second-order valence-electron chi connectivity index (χ2n) is 2.96. The monoisotopic (exact) mass is 158 g/mol.